The summed E-state index contributed by atoms with van der Waals surface area (Å²) in [4.78, 5) is 28.8. The second-order valence-corrected chi connectivity index (χ2v) is 7.38. The molecule has 2 amide bonds. The lowest BCUT2D eigenvalue weighted by Gasteiger charge is -2.30. The number of nitrogens with one attached hydrogen (secondary N) is 1. The number of carbonyl (C=O) groups is 2. The van der Waals surface area contributed by atoms with Gasteiger partial charge in [-0.1, -0.05) is 24.3 Å². The maximum absolute atomic E-state index is 12.7. The topological polar surface area (TPSA) is 61.9 Å². The van der Waals surface area contributed by atoms with Gasteiger partial charge in [0, 0.05) is 38.7 Å². The molecule has 0 aliphatic carbocycles. The molecule has 2 aromatic rings. The van der Waals surface area contributed by atoms with Gasteiger partial charge in [0.15, 0.2) is 0 Å². The average Bonchev–Trinajstić information content (AvgIpc) is 2.71. The Morgan fingerprint density at radius 2 is 1.83 bits per heavy atom. The molecule has 0 unspecified atom stereocenters. The lowest BCUT2D eigenvalue weighted by atomic mass is 10.1. The monoisotopic (exact) mass is 395 g/mol. The van der Waals surface area contributed by atoms with Crippen LogP contribution in [0.1, 0.15) is 24.5 Å². The van der Waals surface area contributed by atoms with Crippen molar-refractivity contribution in [3.8, 4) is 0 Å². The number of benzene rings is 2. The van der Waals surface area contributed by atoms with Gasteiger partial charge in [0.05, 0.1) is 24.6 Å². The first-order valence-electron chi connectivity index (χ1n) is 10.0. The Balaban J connectivity index is 1.67. The van der Waals surface area contributed by atoms with Gasteiger partial charge in [0.2, 0.25) is 11.8 Å². The summed E-state index contributed by atoms with van der Waals surface area (Å²) in [6.07, 6.45) is 0.227. The van der Waals surface area contributed by atoms with Gasteiger partial charge in [0.25, 0.3) is 0 Å². The fourth-order valence-corrected chi connectivity index (χ4v) is 3.54. The van der Waals surface area contributed by atoms with E-state index in [1.54, 1.807) is 4.90 Å². The van der Waals surface area contributed by atoms with Crippen molar-refractivity contribution in [3.63, 3.8) is 0 Å². The van der Waals surface area contributed by atoms with E-state index in [1.807, 2.05) is 56.3 Å². The van der Waals surface area contributed by atoms with Crippen molar-refractivity contribution in [3.05, 3.63) is 53.6 Å². The van der Waals surface area contributed by atoms with Crippen LogP contribution in [-0.4, -0.2) is 44.7 Å². The van der Waals surface area contributed by atoms with E-state index in [-0.39, 0.29) is 18.2 Å². The quantitative estimate of drug-likeness (QED) is 0.813. The molecular weight excluding hydrogens is 366 g/mol. The normalized spacial score (nSPS) is 13.8. The highest BCUT2D eigenvalue weighted by Crippen LogP contribution is 2.27. The summed E-state index contributed by atoms with van der Waals surface area (Å²) < 4.78 is 5.42. The van der Waals surface area contributed by atoms with E-state index in [9.17, 15) is 9.59 Å². The minimum absolute atomic E-state index is 0.0692. The third-order valence-corrected chi connectivity index (χ3v) is 5.13. The Bertz CT molecular complexity index is 875. The van der Waals surface area contributed by atoms with Gasteiger partial charge in [0.1, 0.15) is 0 Å². The number of nitrogens with zero attached hydrogens (tertiary/aromatic N) is 2. The standard InChI is InChI=1S/C23H29N3O3/c1-17-8-9-18(2)22(16-17)26(19(3)27)11-10-23(28)24-20-6-4-5-7-21(20)25-12-14-29-15-13-25/h4-9,16H,10-15H2,1-3H3,(H,24,28). The smallest absolute Gasteiger partial charge is 0.226 e. The maximum atomic E-state index is 12.7. The molecule has 0 atom stereocenters. The van der Waals surface area contributed by atoms with Crippen LogP contribution in [0.25, 0.3) is 0 Å². The van der Waals surface area contributed by atoms with E-state index in [4.69, 9.17) is 4.74 Å². The number of rotatable bonds is 6. The van der Waals surface area contributed by atoms with Crippen LogP contribution in [0, 0.1) is 13.8 Å². The molecule has 0 aromatic heterocycles. The number of anilines is 3. The molecule has 2 aromatic carbocycles. The van der Waals surface area contributed by atoms with Crippen LogP contribution < -0.4 is 15.1 Å². The predicted octanol–water partition coefficient (Wildman–Crippen LogP) is 3.52. The first-order chi connectivity index (χ1) is 14.0. The molecule has 0 saturated carbocycles. The molecule has 6 heteroatoms. The summed E-state index contributed by atoms with van der Waals surface area (Å²) in [7, 11) is 0. The minimum Gasteiger partial charge on any atom is -0.378 e. The Labute approximate surface area is 172 Å². The van der Waals surface area contributed by atoms with E-state index in [0.717, 1.165) is 41.3 Å². The van der Waals surface area contributed by atoms with Crippen molar-refractivity contribution in [1.82, 2.24) is 0 Å². The Hall–Kier alpha value is -2.86. The molecule has 3 rings (SSSR count). The zero-order chi connectivity index (χ0) is 20.8. The van der Waals surface area contributed by atoms with Gasteiger partial charge < -0.3 is 19.9 Å². The molecule has 29 heavy (non-hydrogen) atoms. The molecular formula is C23H29N3O3. The lowest BCUT2D eigenvalue weighted by Crippen LogP contribution is -2.37. The number of amides is 2. The van der Waals surface area contributed by atoms with Crippen LogP contribution in [0.15, 0.2) is 42.5 Å². The van der Waals surface area contributed by atoms with Gasteiger partial charge >= 0.3 is 0 Å². The van der Waals surface area contributed by atoms with Gasteiger partial charge in [-0.25, -0.2) is 0 Å². The zero-order valence-electron chi connectivity index (χ0n) is 17.4. The van der Waals surface area contributed by atoms with Gasteiger partial charge in [-0.15, -0.1) is 0 Å². The first-order valence-corrected chi connectivity index (χ1v) is 10.0. The largest absolute Gasteiger partial charge is 0.378 e. The number of morpholine rings is 1. The van der Waals surface area contributed by atoms with E-state index in [0.29, 0.717) is 19.8 Å². The molecule has 1 N–H and O–H groups in total. The fraction of sp³-hybridized carbons (Fsp3) is 0.391. The predicted molar refractivity (Wildman–Crippen MR) is 117 cm³/mol. The van der Waals surface area contributed by atoms with E-state index in [1.165, 1.54) is 6.92 Å². The van der Waals surface area contributed by atoms with Crippen LogP contribution >= 0.6 is 0 Å². The van der Waals surface area contributed by atoms with E-state index in [2.05, 4.69) is 10.2 Å². The van der Waals surface area contributed by atoms with Crippen LogP contribution in [-0.2, 0) is 14.3 Å². The van der Waals surface area contributed by atoms with Crippen molar-refractivity contribution in [2.75, 3.05) is 48.0 Å². The molecule has 0 bridgehead atoms. The number of ether oxygens (including phenoxy) is 1. The summed E-state index contributed by atoms with van der Waals surface area (Å²) in [5.74, 6) is -0.178. The van der Waals surface area contributed by atoms with Crippen molar-refractivity contribution in [2.24, 2.45) is 0 Å². The number of hydrogen-bond acceptors (Lipinski definition) is 4. The average molecular weight is 396 g/mol. The number of carbonyl (C=O) groups excluding carboxylic acids is 2. The minimum atomic E-state index is -0.109. The molecule has 1 saturated heterocycles. The van der Waals surface area contributed by atoms with Gasteiger partial charge in [-0.05, 0) is 43.2 Å². The summed E-state index contributed by atoms with van der Waals surface area (Å²) in [5.41, 5.74) is 4.76. The Morgan fingerprint density at radius 1 is 1.10 bits per heavy atom. The third-order valence-electron chi connectivity index (χ3n) is 5.13. The number of para-hydroxylation sites is 2. The Morgan fingerprint density at radius 3 is 2.55 bits per heavy atom. The zero-order valence-corrected chi connectivity index (χ0v) is 17.4. The first kappa shape index (κ1) is 20.9. The van der Waals surface area contributed by atoms with Crippen molar-refractivity contribution >= 4 is 28.9 Å². The van der Waals surface area contributed by atoms with Crippen LogP contribution in [0.2, 0.25) is 0 Å². The number of hydrogen-bond donors (Lipinski definition) is 1. The van der Waals surface area contributed by atoms with Crippen LogP contribution in [0.3, 0.4) is 0 Å². The molecule has 0 radical (unpaired) electrons. The second kappa shape index (κ2) is 9.56. The molecule has 1 fully saturated rings. The third kappa shape index (κ3) is 5.35. The van der Waals surface area contributed by atoms with Gasteiger partial charge in [-0.2, -0.15) is 0 Å². The Kier molecular flexibility index (Phi) is 6.88. The highest BCUT2D eigenvalue weighted by atomic mass is 16.5. The molecule has 1 aliphatic rings. The summed E-state index contributed by atoms with van der Waals surface area (Å²) in [5, 5.41) is 3.02. The van der Waals surface area contributed by atoms with Crippen LogP contribution in [0.5, 0.6) is 0 Å². The highest BCUT2D eigenvalue weighted by molar-refractivity contribution is 5.97. The lowest BCUT2D eigenvalue weighted by molar-refractivity contribution is -0.117. The highest BCUT2D eigenvalue weighted by Gasteiger charge is 2.18. The van der Waals surface area contributed by atoms with Crippen molar-refractivity contribution < 1.29 is 14.3 Å². The summed E-state index contributed by atoms with van der Waals surface area (Å²) >= 11 is 0. The van der Waals surface area contributed by atoms with E-state index < -0.39 is 0 Å². The molecule has 0 spiro atoms. The van der Waals surface area contributed by atoms with Crippen molar-refractivity contribution in [1.29, 1.82) is 0 Å². The maximum Gasteiger partial charge on any atom is 0.226 e. The van der Waals surface area contributed by atoms with Gasteiger partial charge in [-0.3, -0.25) is 9.59 Å². The SMILES string of the molecule is CC(=O)N(CCC(=O)Nc1ccccc1N1CCOCC1)c1cc(C)ccc1C. The molecule has 1 heterocycles. The van der Waals surface area contributed by atoms with Crippen molar-refractivity contribution in [2.45, 2.75) is 27.2 Å². The fourth-order valence-electron chi connectivity index (χ4n) is 3.54. The molecule has 154 valence electrons. The second-order valence-electron chi connectivity index (χ2n) is 7.38. The molecule has 6 nitrogen and oxygen atoms in total. The van der Waals surface area contributed by atoms with E-state index >= 15 is 0 Å². The van der Waals surface area contributed by atoms with Crippen LogP contribution in [0.4, 0.5) is 17.1 Å². The molecule has 1 aliphatic heterocycles. The summed E-state index contributed by atoms with van der Waals surface area (Å²) in [6, 6.07) is 13.8. The summed E-state index contributed by atoms with van der Waals surface area (Å²) in [6.45, 7) is 8.82. The number of aryl methyl sites for hydroxylation is 2.